The minimum atomic E-state index is -0.628. The molecule has 0 saturated carbocycles. The predicted octanol–water partition coefficient (Wildman–Crippen LogP) is 1.52. The third-order valence-electron chi connectivity index (χ3n) is 3.49. The van der Waals surface area contributed by atoms with Crippen molar-refractivity contribution in [2.24, 2.45) is 0 Å². The summed E-state index contributed by atoms with van der Waals surface area (Å²) < 4.78 is 12.8. The van der Waals surface area contributed by atoms with E-state index in [0.717, 1.165) is 0 Å². The van der Waals surface area contributed by atoms with Gasteiger partial charge < -0.3 is 19.1 Å². The average Bonchev–Trinajstić information content (AvgIpc) is 2.55. The summed E-state index contributed by atoms with van der Waals surface area (Å²) in [7, 11) is 3.13. The number of aromatic nitrogens is 2. The number of aromatic amines is 1. The summed E-state index contributed by atoms with van der Waals surface area (Å²) in [6.07, 6.45) is -0.628. The standard InChI is InChI=1S/C16H21N3O4S/c1-10(20)17-6-7-19-13(9-15(21)18-16(19)24)12-8-11(22-2)4-5-14(12)23-3/h4-5,8-10,17,20H,6-7H2,1-3H3,(H,18,21,24). The number of hydrogen-bond acceptors (Lipinski definition) is 6. The molecule has 7 nitrogen and oxygen atoms in total. The number of nitrogens with zero attached hydrogens (tertiary/aromatic N) is 1. The van der Waals surface area contributed by atoms with Gasteiger partial charge in [0, 0.05) is 24.7 Å². The molecule has 3 N–H and O–H groups in total. The summed E-state index contributed by atoms with van der Waals surface area (Å²) in [5.41, 5.74) is 1.03. The maximum absolute atomic E-state index is 11.9. The van der Waals surface area contributed by atoms with Gasteiger partial charge in [-0.1, -0.05) is 0 Å². The number of benzene rings is 1. The first-order chi connectivity index (χ1) is 11.5. The summed E-state index contributed by atoms with van der Waals surface area (Å²) in [6, 6.07) is 6.82. The van der Waals surface area contributed by atoms with E-state index in [1.54, 1.807) is 43.9 Å². The summed E-state index contributed by atoms with van der Waals surface area (Å²) in [6.45, 7) is 2.59. The second-order valence-electron chi connectivity index (χ2n) is 5.17. The minimum absolute atomic E-state index is 0.292. The van der Waals surface area contributed by atoms with Crippen LogP contribution < -0.4 is 20.3 Å². The lowest BCUT2D eigenvalue weighted by atomic mass is 10.1. The molecule has 1 atom stereocenters. The smallest absolute Gasteiger partial charge is 0.252 e. The maximum atomic E-state index is 11.9. The Balaban J connectivity index is 2.56. The van der Waals surface area contributed by atoms with Gasteiger partial charge in [0.05, 0.1) is 19.9 Å². The molecule has 1 unspecified atom stereocenters. The van der Waals surface area contributed by atoms with Crippen LogP contribution in [0.5, 0.6) is 11.5 Å². The fourth-order valence-corrected chi connectivity index (χ4v) is 2.66. The second kappa shape index (κ2) is 8.09. The van der Waals surface area contributed by atoms with Crippen LogP contribution in [0.1, 0.15) is 6.92 Å². The summed E-state index contributed by atoms with van der Waals surface area (Å²) in [4.78, 5) is 14.5. The number of H-pyrrole nitrogens is 1. The van der Waals surface area contributed by atoms with Crippen LogP contribution in [-0.2, 0) is 6.54 Å². The normalized spacial score (nSPS) is 12.0. The largest absolute Gasteiger partial charge is 0.497 e. The quantitative estimate of drug-likeness (QED) is 0.518. The number of rotatable bonds is 7. The minimum Gasteiger partial charge on any atom is -0.497 e. The first-order valence-electron chi connectivity index (χ1n) is 7.44. The Kier molecular flexibility index (Phi) is 6.13. The van der Waals surface area contributed by atoms with E-state index in [1.165, 1.54) is 6.07 Å². The molecule has 0 aliphatic heterocycles. The van der Waals surface area contributed by atoms with Gasteiger partial charge in [-0.15, -0.1) is 0 Å². The Morgan fingerprint density at radius 3 is 2.71 bits per heavy atom. The first kappa shape index (κ1) is 18.2. The highest BCUT2D eigenvalue weighted by Crippen LogP contribution is 2.32. The number of aliphatic hydroxyl groups is 1. The molecule has 0 fully saturated rings. The third kappa shape index (κ3) is 4.22. The molecule has 1 aromatic carbocycles. The van der Waals surface area contributed by atoms with Gasteiger partial charge in [-0.25, -0.2) is 0 Å². The Morgan fingerprint density at radius 2 is 2.08 bits per heavy atom. The molecular formula is C16H21N3O4S. The van der Waals surface area contributed by atoms with Crippen molar-refractivity contribution in [2.45, 2.75) is 19.7 Å². The van der Waals surface area contributed by atoms with Crippen molar-refractivity contribution < 1.29 is 14.6 Å². The van der Waals surface area contributed by atoms with Gasteiger partial charge in [-0.05, 0) is 37.3 Å². The van der Waals surface area contributed by atoms with Gasteiger partial charge in [0.1, 0.15) is 17.7 Å². The molecular weight excluding hydrogens is 330 g/mol. The number of methoxy groups -OCH3 is 2. The van der Waals surface area contributed by atoms with Crippen molar-refractivity contribution in [3.63, 3.8) is 0 Å². The van der Waals surface area contributed by atoms with Crippen molar-refractivity contribution in [3.8, 4) is 22.8 Å². The molecule has 0 bridgehead atoms. The van der Waals surface area contributed by atoms with Gasteiger partial charge in [0.15, 0.2) is 4.77 Å². The SMILES string of the molecule is COc1ccc(OC)c(-c2cc(=O)[nH]c(=S)n2CCNC(C)O)c1. The number of hydrogen-bond donors (Lipinski definition) is 3. The molecule has 0 amide bonds. The molecule has 2 aromatic rings. The van der Waals surface area contributed by atoms with Crippen LogP contribution >= 0.6 is 12.2 Å². The summed E-state index contributed by atoms with van der Waals surface area (Å²) >= 11 is 5.29. The highest BCUT2D eigenvalue weighted by molar-refractivity contribution is 7.71. The van der Waals surface area contributed by atoms with Crippen LogP contribution in [0.3, 0.4) is 0 Å². The van der Waals surface area contributed by atoms with Crippen molar-refractivity contribution >= 4 is 12.2 Å². The number of aliphatic hydroxyl groups excluding tert-OH is 1. The molecule has 130 valence electrons. The molecule has 1 heterocycles. The topological polar surface area (TPSA) is 88.5 Å². The zero-order valence-corrected chi connectivity index (χ0v) is 14.6. The Bertz CT molecular complexity index is 814. The molecule has 1 aromatic heterocycles. The van der Waals surface area contributed by atoms with Crippen LogP contribution in [0, 0.1) is 4.77 Å². The first-order valence-corrected chi connectivity index (χ1v) is 7.85. The van der Waals surface area contributed by atoms with Crippen LogP contribution in [0.4, 0.5) is 0 Å². The van der Waals surface area contributed by atoms with Gasteiger partial charge in [0.25, 0.3) is 5.56 Å². The van der Waals surface area contributed by atoms with Gasteiger partial charge in [-0.2, -0.15) is 0 Å². The summed E-state index contributed by atoms with van der Waals surface area (Å²) in [5.74, 6) is 1.25. The van der Waals surface area contributed by atoms with E-state index in [-0.39, 0.29) is 5.56 Å². The molecule has 8 heteroatoms. The fraction of sp³-hybridized carbons (Fsp3) is 0.375. The van der Waals surface area contributed by atoms with Crippen molar-refractivity contribution in [3.05, 3.63) is 39.4 Å². The van der Waals surface area contributed by atoms with E-state index in [0.29, 0.717) is 40.6 Å². The van der Waals surface area contributed by atoms with Gasteiger partial charge in [0.2, 0.25) is 0 Å². The van der Waals surface area contributed by atoms with Gasteiger partial charge >= 0.3 is 0 Å². The molecule has 0 aliphatic rings. The second-order valence-corrected chi connectivity index (χ2v) is 5.56. The van der Waals surface area contributed by atoms with E-state index in [9.17, 15) is 9.90 Å². The highest BCUT2D eigenvalue weighted by Gasteiger charge is 2.13. The van der Waals surface area contributed by atoms with E-state index >= 15 is 0 Å². The lowest BCUT2D eigenvalue weighted by molar-refractivity contribution is 0.155. The third-order valence-corrected chi connectivity index (χ3v) is 3.81. The lowest BCUT2D eigenvalue weighted by Gasteiger charge is -2.17. The monoisotopic (exact) mass is 351 g/mol. The van der Waals surface area contributed by atoms with Crippen LogP contribution in [-0.4, -0.2) is 41.6 Å². The number of nitrogens with one attached hydrogen (secondary N) is 2. The Labute approximate surface area is 144 Å². The van der Waals surface area contributed by atoms with Crippen LogP contribution in [0.2, 0.25) is 0 Å². The van der Waals surface area contributed by atoms with Gasteiger partial charge in [-0.3, -0.25) is 15.1 Å². The average molecular weight is 351 g/mol. The molecule has 0 aliphatic carbocycles. The van der Waals surface area contributed by atoms with E-state index in [2.05, 4.69) is 10.3 Å². The molecule has 2 rings (SSSR count). The molecule has 24 heavy (non-hydrogen) atoms. The lowest BCUT2D eigenvalue weighted by Crippen LogP contribution is -2.30. The summed E-state index contributed by atoms with van der Waals surface area (Å²) in [5, 5.41) is 12.2. The zero-order chi connectivity index (χ0) is 17.7. The Morgan fingerprint density at radius 1 is 1.33 bits per heavy atom. The predicted molar refractivity (Wildman–Crippen MR) is 94.1 cm³/mol. The van der Waals surface area contributed by atoms with Crippen LogP contribution in [0.15, 0.2) is 29.1 Å². The van der Waals surface area contributed by atoms with Crippen molar-refractivity contribution in [1.29, 1.82) is 0 Å². The number of ether oxygens (including phenoxy) is 2. The molecule has 0 radical (unpaired) electrons. The molecule has 0 saturated heterocycles. The van der Waals surface area contributed by atoms with E-state index in [4.69, 9.17) is 21.7 Å². The van der Waals surface area contributed by atoms with Crippen molar-refractivity contribution in [2.75, 3.05) is 20.8 Å². The van der Waals surface area contributed by atoms with Crippen LogP contribution in [0.25, 0.3) is 11.3 Å². The van der Waals surface area contributed by atoms with E-state index in [1.807, 2.05) is 0 Å². The Hall–Kier alpha value is -2.16. The van der Waals surface area contributed by atoms with Crippen molar-refractivity contribution in [1.82, 2.24) is 14.9 Å². The fourth-order valence-electron chi connectivity index (χ4n) is 2.37. The maximum Gasteiger partial charge on any atom is 0.252 e. The zero-order valence-electron chi connectivity index (χ0n) is 13.8. The van der Waals surface area contributed by atoms with E-state index < -0.39 is 6.23 Å². The highest BCUT2D eigenvalue weighted by atomic mass is 32.1. The molecule has 0 spiro atoms.